The quantitative estimate of drug-likeness (QED) is 0.729. The third-order valence-corrected chi connectivity index (χ3v) is 4.63. The van der Waals surface area contributed by atoms with Gasteiger partial charge in [-0.15, -0.1) is 11.3 Å². The van der Waals surface area contributed by atoms with E-state index in [9.17, 15) is 0 Å². The van der Waals surface area contributed by atoms with Crippen LogP contribution in [-0.4, -0.2) is 15.9 Å². The monoisotopic (exact) mass is 323 g/mol. The minimum atomic E-state index is -0.0999. The van der Waals surface area contributed by atoms with Crippen LogP contribution in [0.5, 0.6) is 5.75 Å². The van der Waals surface area contributed by atoms with E-state index in [-0.39, 0.29) is 6.10 Å². The average molecular weight is 323 g/mol. The molecule has 0 saturated heterocycles. The highest BCUT2D eigenvalue weighted by Crippen LogP contribution is 2.36. The Bertz CT molecular complexity index is 818. The highest BCUT2D eigenvalue weighted by atomic mass is 32.1. The molecule has 1 aliphatic rings. The molecule has 1 aliphatic heterocycles. The lowest BCUT2D eigenvalue weighted by Crippen LogP contribution is -2.06. The van der Waals surface area contributed by atoms with Crippen LogP contribution in [0, 0.1) is 0 Å². The molecular weight excluding hydrogens is 310 g/mol. The smallest absolute Gasteiger partial charge is 0.235 e. The molecule has 1 atom stereocenters. The van der Waals surface area contributed by atoms with Crippen LogP contribution in [0.15, 0.2) is 66.3 Å². The second-order valence-electron chi connectivity index (χ2n) is 5.02. The van der Waals surface area contributed by atoms with Gasteiger partial charge in [-0.25, -0.2) is 0 Å². The zero-order chi connectivity index (χ0) is 15.5. The third kappa shape index (κ3) is 3.07. The normalized spacial score (nSPS) is 16.7. The van der Waals surface area contributed by atoms with E-state index < -0.39 is 0 Å². The van der Waals surface area contributed by atoms with Crippen molar-refractivity contribution in [2.75, 3.05) is 0 Å². The Morgan fingerprint density at radius 1 is 1.04 bits per heavy atom. The number of ether oxygens (including phenoxy) is 1. The van der Waals surface area contributed by atoms with Gasteiger partial charge in [0.25, 0.3) is 0 Å². The molecule has 0 bridgehead atoms. The van der Waals surface area contributed by atoms with Gasteiger partial charge in [0.1, 0.15) is 5.75 Å². The van der Waals surface area contributed by atoms with Gasteiger partial charge in [-0.2, -0.15) is 0 Å². The molecule has 0 spiro atoms. The van der Waals surface area contributed by atoms with Gasteiger partial charge in [-0.3, -0.25) is 9.97 Å². The van der Waals surface area contributed by atoms with Crippen LogP contribution in [0.1, 0.15) is 17.4 Å². The summed E-state index contributed by atoms with van der Waals surface area (Å²) in [6.45, 7) is 0. The summed E-state index contributed by atoms with van der Waals surface area (Å²) in [5.74, 6) is 1.23. The number of hydrogen-bond donors (Lipinski definition) is 0. The molecule has 3 aromatic heterocycles. The van der Waals surface area contributed by atoms with E-state index in [1.54, 1.807) is 29.9 Å². The summed E-state index contributed by atoms with van der Waals surface area (Å²) in [6, 6.07) is 11.8. The fourth-order valence-electron chi connectivity index (χ4n) is 2.30. The molecule has 0 saturated carbocycles. The van der Waals surface area contributed by atoms with Crippen molar-refractivity contribution in [2.24, 2.45) is 5.16 Å². The zero-order valence-electron chi connectivity index (χ0n) is 12.1. The molecule has 23 heavy (non-hydrogen) atoms. The average Bonchev–Trinajstić information content (AvgIpc) is 3.26. The van der Waals surface area contributed by atoms with E-state index >= 15 is 0 Å². The Morgan fingerprint density at radius 3 is 2.70 bits per heavy atom. The Labute approximate surface area is 137 Å². The second kappa shape index (κ2) is 6.18. The highest BCUT2D eigenvalue weighted by molar-refractivity contribution is 7.15. The van der Waals surface area contributed by atoms with E-state index in [0.717, 1.165) is 10.4 Å². The van der Waals surface area contributed by atoms with Crippen molar-refractivity contribution in [3.05, 3.63) is 66.1 Å². The molecule has 0 unspecified atom stereocenters. The van der Waals surface area contributed by atoms with Gasteiger partial charge in [0.15, 0.2) is 6.10 Å². The molecule has 0 fully saturated rings. The van der Waals surface area contributed by atoms with Crippen molar-refractivity contribution < 1.29 is 9.57 Å². The molecule has 4 heterocycles. The molecule has 3 aromatic rings. The number of nitrogens with zero attached hydrogens (tertiary/aromatic N) is 3. The van der Waals surface area contributed by atoms with Crippen LogP contribution < -0.4 is 4.74 Å². The maximum absolute atomic E-state index is 5.68. The molecule has 0 N–H and O–H groups in total. The lowest BCUT2D eigenvalue weighted by atomic mass is 10.2. The summed E-state index contributed by atoms with van der Waals surface area (Å²) in [5, 5.41) is 4.03. The van der Waals surface area contributed by atoms with Crippen molar-refractivity contribution in [2.45, 2.75) is 12.5 Å². The van der Waals surface area contributed by atoms with Crippen LogP contribution in [-0.2, 0) is 4.84 Å². The SMILES string of the molecule is c1cncc(OC2=NO[C@H](c3ccc(-c4cccnc4)s3)C2)c1. The minimum Gasteiger partial charge on any atom is -0.438 e. The summed E-state index contributed by atoms with van der Waals surface area (Å²) < 4.78 is 5.68. The highest BCUT2D eigenvalue weighted by Gasteiger charge is 2.26. The molecule has 5 nitrogen and oxygen atoms in total. The van der Waals surface area contributed by atoms with Gasteiger partial charge in [0.05, 0.1) is 12.6 Å². The fraction of sp³-hybridized carbons (Fsp3) is 0.118. The third-order valence-electron chi connectivity index (χ3n) is 3.40. The van der Waals surface area contributed by atoms with Crippen LogP contribution in [0.2, 0.25) is 0 Å². The molecule has 0 radical (unpaired) electrons. The van der Waals surface area contributed by atoms with E-state index in [0.29, 0.717) is 18.1 Å². The number of oxime groups is 1. The largest absolute Gasteiger partial charge is 0.438 e. The Morgan fingerprint density at radius 2 is 1.91 bits per heavy atom. The van der Waals surface area contributed by atoms with Crippen molar-refractivity contribution in [1.82, 2.24) is 9.97 Å². The van der Waals surface area contributed by atoms with Crippen LogP contribution in [0.25, 0.3) is 10.4 Å². The summed E-state index contributed by atoms with van der Waals surface area (Å²) in [4.78, 5) is 16.0. The molecule has 4 rings (SSSR count). The van der Waals surface area contributed by atoms with Crippen molar-refractivity contribution >= 4 is 17.2 Å². The Balaban J connectivity index is 1.44. The van der Waals surface area contributed by atoms with E-state index in [1.165, 1.54) is 4.88 Å². The number of rotatable bonds is 3. The van der Waals surface area contributed by atoms with Gasteiger partial charge in [-0.1, -0.05) is 11.2 Å². The van der Waals surface area contributed by atoms with Gasteiger partial charge < -0.3 is 9.57 Å². The second-order valence-corrected chi connectivity index (χ2v) is 6.13. The molecular formula is C17H13N3O2S. The van der Waals surface area contributed by atoms with E-state index in [2.05, 4.69) is 27.3 Å². The topological polar surface area (TPSA) is 56.6 Å². The van der Waals surface area contributed by atoms with Crippen LogP contribution in [0.4, 0.5) is 0 Å². The number of hydrogen-bond acceptors (Lipinski definition) is 6. The molecule has 114 valence electrons. The zero-order valence-corrected chi connectivity index (χ0v) is 12.9. The summed E-state index contributed by atoms with van der Waals surface area (Å²) in [7, 11) is 0. The van der Waals surface area contributed by atoms with Crippen molar-refractivity contribution in [3.8, 4) is 16.2 Å². The van der Waals surface area contributed by atoms with Gasteiger partial charge in [0, 0.05) is 33.9 Å². The van der Waals surface area contributed by atoms with Gasteiger partial charge in [-0.05, 0) is 30.3 Å². The van der Waals surface area contributed by atoms with Crippen molar-refractivity contribution in [1.29, 1.82) is 0 Å². The minimum absolute atomic E-state index is 0.0999. The van der Waals surface area contributed by atoms with Crippen LogP contribution >= 0.6 is 11.3 Å². The molecule has 0 aliphatic carbocycles. The number of aromatic nitrogens is 2. The maximum atomic E-state index is 5.68. The number of thiophene rings is 1. The Hall–Kier alpha value is -2.73. The first-order chi connectivity index (χ1) is 11.4. The lowest BCUT2D eigenvalue weighted by Gasteiger charge is -2.05. The summed E-state index contributed by atoms with van der Waals surface area (Å²) in [6.07, 6.45) is 7.50. The first kappa shape index (κ1) is 13.9. The maximum Gasteiger partial charge on any atom is 0.235 e. The lowest BCUT2D eigenvalue weighted by molar-refractivity contribution is 0.0881. The Kier molecular flexibility index (Phi) is 3.73. The predicted molar refractivity (Wildman–Crippen MR) is 88.3 cm³/mol. The van der Waals surface area contributed by atoms with Gasteiger partial charge in [0.2, 0.25) is 5.90 Å². The van der Waals surface area contributed by atoms with Gasteiger partial charge >= 0.3 is 0 Å². The molecule has 6 heteroatoms. The fourth-order valence-corrected chi connectivity index (χ4v) is 3.32. The van der Waals surface area contributed by atoms with E-state index in [4.69, 9.17) is 9.57 Å². The number of pyridine rings is 2. The first-order valence-electron chi connectivity index (χ1n) is 7.19. The predicted octanol–water partition coefficient (Wildman–Crippen LogP) is 4.06. The molecule has 0 amide bonds. The standard InChI is InChI=1S/C17H13N3O2S/c1-3-12(10-18-7-1)15-5-6-16(23-15)14-9-17(20-22-14)21-13-4-2-8-19-11-13/h1-8,10-11,14H,9H2/t14-/m0/s1. The van der Waals surface area contributed by atoms with Crippen molar-refractivity contribution in [3.63, 3.8) is 0 Å². The summed E-state index contributed by atoms with van der Waals surface area (Å²) >= 11 is 1.69. The summed E-state index contributed by atoms with van der Waals surface area (Å²) in [5.41, 5.74) is 1.11. The van der Waals surface area contributed by atoms with E-state index in [1.807, 2.05) is 30.5 Å². The first-order valence-corrected chi connectivity index (χ1v) is 8.01. The molecule has 0 aromatic carbocycles. The van der Waals surface area contributed by atoms with Crippen LogP contribution in [0.3, 0.4) is 0 Å².